The van der Waals surface area contributed by atoms with Crippen molar-refractivity contribution in [1.82, 2.24) is 4.98 Å². The predicted molar refractivity (Wildman–Crippen MR) is 56.3 cm³/mol. The summed E-state index contributed by atoms with van der Waals surface area (Å²) in [6, 6.07) is 4.87. The van der Waals surface area contributed by atoms with Crippen LogP contribution in [0.2, 0.25) is 5.02 Å². The van der Waals surface area contributed by atoms with E-state index in [9.17, 15) is 8.42 Å². The Morgan fingerprint density at radius 3 is 2.64 bits per heavy atom. The van der Waals surface area contributed by atoms with Gasteiger partial charge in [0.1, 0.15) is 4.90 Å². The number of hydrogen-bond acceptors (Lipinski definition) is 2. The van der Waals surface area contributed by atoms with E-state index in [0.29, 0.717) is 15.9 Å². The van der Waals surface area contributed by atoms with E-state index in [2.05, 4.69) is 4.98 Å². The van der Waals surface area contributed by atoms with Crippen LogP contribution in [-0.2, 0) is 9.05 Å². The molecule has 1 aromatic heterocycles. The second-order valence-electron chi connectivity index (χ2n) is 2.78. The molecule has 0 spiro atoms. The van der Waals surface area contributed by atoms with Crippen LogP contribution >= 0.6 is 22.3 Å². The van der Waals surface area contributed by atoms with E-state index in [0.717, 1.165) is 0 Å². The number of benzene rings is 1. The van der Waals surface area contributed by atoms with Crippen LogP contribution < -0.4 is 0 Å². The first-order chi connectivity index (χ1) is 6.48. The maximum Gasteiger partial charge on any atom is 0.263 e. The quantitative estimate of drug-likeness (QED) is 0.791. The summed E-state index contributed by atoms with van der Waals surface area (Å²) in [5.74, 6) is 0. The summed E-state index contributed by atoms with van der Waals surface area (Å²) < 4.78 is 22.2. The van der Waals surface area contributed by atoms with Crippen LogP contribution in [0.1, 0.15) is 0 Å². The molecular formula is C8H5Cl2NO2S. The molecule has 0 unspecified atom stereocenters. The average Bonchev–Trinajstić information content (AvgIpc) is 2.45. The summed E-state index contributed by atoms with van der Waals surface area (Å²) in [6.07, 6.45) is 1.35. The Bertz CT molecular complexity index is 588. The molecule has 0 saturated carbocycles. The number of hydrogen-bond donors (Lipinski definition) is 1. The summed E-state index contributed by atoms with van der Waals surface area (Å²) in [4.78, 5) is 2.86. The Kier molecular flexibility index (Phi) is 2.21. The van der Waals surface area contributed by atoms with E-state index in [1.807, 2.05) is 0 Å². The minimum atomic E-state index is -3.70. The van der Waals surface area contributed by atoms with Crippen molar-refractivity contribution in [3.63, 3.8) is 0 Å². The molecule has 1 heterocycles. The normalized spacial score (nSPS) is 12.1. The largest absolute Gasteiger partial charge is 0.360 e. The second kappa shape index (κ2) is 3.15. The highest BCUT2D eigenvalue weighted by molar-refractivity contribution is 8.14. The molecule has 0 aliphatic heterocycles. The first-order valence-corrected chi connectivity index (χ1v) is 6.38. The van der Waals surface area contributed by atoms with E-state index in [1.54, 1.807) is 18.2 Å². The summed E-state index contributed by atoms with van der Waals surface area (Å²) in [6.45, 7) is 0. The van der Waals surface area contributed by atoms with Gasteiger partial charge < -0.3 is 4.98 Å². The fourth-order valence-corrected chi connectivity index (χ4v) is 2.47. The minimum Gasteiger partial charge on any atom is -0.360 e. The lowest BCUT2D eigenvalue weighted by molar-refractivity contribution is 0.610. The van der Waals surface area contributed by atoms with E-state index >= 15 is 0 Å². The van der Waals surface area contributed by atoms with Gasteiger partial charge in [-0.15, -0.1) is 0 Å². The van der Waals surface area contributed by atoms with Crippen LogP contribution in [0.4, 0.5) is 0 Å². The standard InChI is InChI=1S/C8H5Cl2NO2S/c9-5-1-2-6-7(3-5)11-4-8(6)14(10,12)13/h1-4,11H. The molecule has 0 atom stereocenters. The van der Waals surface area contributed by atoms with Crippen molar-refractivity contribution in [3.8, 4) is 0 Å². The number of aromatic amines is 1. The number of nitrogens with one attached hydrogen (secondary N) is 1. The smallest absolute Gasteiger partial charge is 0.263 e. The lowest BCUT2D eigenvalue weighted by Gasteiger charge is -1.93. The van der Waals surface area contributed by atoms with Crippen molar-refractivity contribution in [2.75, 3.05) is 0 Å². The molecule has 1 N–H and O–H groups in total. The summed E-state index contributed by atoms with van der Waals surface area (Å²) >= 11 is 5.74. The van der Waals surface area contributed by atoms with Crippen LogP contribution in [0.3, 0.4) is 0 Å². The van der Waals surface area contributed by atoms with Gasteiger partial charge >= 0.3 is 0 Å². The van der Waals surface area contributed by atoms with Crippen LogP contribution in [0, 0.1) is 0 Å². The molecule has 0 bridgehead atoms. The van der Waals surface area contributed by atoms with Gasteiger partial charge in [0, 0.05) is 32.8 Å². The predicted octanol–water partition coefficient (Wildman–Crippen LogP) is 2.75. The monoisotopic (exact) mass is 249 g/mol. The van der Waals surface area contributed by atoms with Crippen molar-refractivity contribution in [3.05, 3.63) is 29.4 Å². The van der Waals surface area contributed by atoms with Gasteiger partial charge in [-0.1, -0.05) is 11.6 Å². The van der Waals surface area contributed by atoms with Gasteiger partial charge in [-0.3, -0.25) is 0 Å². The van der Waals surface area contributed by atoms with E-state index in [1.165, 1.54) is 6.20 Å². The number of aromatic nitrogens is 1. The summed E-state index contributed by atoms with van der Waals surface area (Å²) in [7, 11) is 1.54. The highest BCUT2D eigenvalue weighted by atomic mass is 35.7. The Morgan fingerprint density at radius 2 is 2.00 bits per heavy atom. The zero-order valence-corrected chi connectivity index (χ0v) is 9.12. The van der Waals surface area contributed by atoms with Gasteiger partial charge in [0.15, 0.2) is 0 Å². The molecule has 2 rings (SSSR count). The summed E-state index contributed by atoms with van der Waals surface area (Å²) in [5.41, 5.74) is 0.650. The molecule has 0 saturated heterocycles. The second-order valence-corrected chi connectivity index (χ2v) is 5.75. The fraction of sp³-hybridized carbons (Fsp3) is 0. The molecular weight excluding hydrogens is 245 g/mol. The van der Waals surface area contributed by atoms with Crippen LogP contribution in [-0.4, -0.2) is 13.4 Å². The van der Waals surface area contributed by atoms with Crippen molar-refractivity contribution in [2.45, 2.75) is 4.90 Å². The highest BCUT2D eigenvalue weighted by Crippen LogP contribution is 2.27. The lowest BCUT2D eigenvalue weighted by Crippen LogP contribution is -1.87. The number of H-pyrrole nitrogens is 1. The Balaban J connectivity index is 2.83. The maximum atomic E-state index is 11.1. The van der Waals surface area contributed by atoms with Gasteiger partial charge in [0.05, 0.1) is 0 Å². The number of rotatable bonds is 1. The molecule has 0 aliphatic rings. The lowest BCUT2D eigenvalue weighted by atomic mass is 10.2. The van der Waals surface area contributed by atoms with Crippen molar-refractivity contribution in [1.29, 1.82) is 0 Å². The third kappa shape index (κ3) is 1.61. The zero-order valence-electron chi connectivity index (χ0n) is 6.79. The van der Waals surface area contributed by atoms with E-state index in [4.69, 9.17) is 22.3 Å². The zero-order chi connectivity index (χ0) is 10.3. The first kappa shape index (κ1) is 9.83. The molecule has 14 heavy (non-hydrogen) atoms. The number of fused-ring (bicyclic) bond motifs is 1. The topological polar surface area (TPSA) is 49.9 Å². The Hall–Kier alpha value is -0.710. The fourth-order valence-electron chi connectivity index (χ4n) is 1.27. The maximum absolute atomic E-state index is 11.1. The first-order valence-electron chi connectivity index (χ1n) is 3.70. The van der Waals surface area contributed by atoms with Gasteiger partial charge in [-0.05, 0) is 18.2 Å². The Morgan fingerprint density at radius 1 is 1.29 bits per heavy atom. The minimum absolute atomic E-state index is 0.0748. The molecule has 74 valence electrons. The highest BCUT2D eigenvalue weighted by Gasteiger charge is 2.15. The summed E-state index contributed by atoms with van der Waals surface area (Å²) in [5, 5.41) is 1.09. The van der Waals surface area contributed by atoms with Crippen LogP contribution in [0.15, 0.2) is 29.3 Å². The molecule has 6 heteroatoms. The Labute approximate surface area is 90.1 Å². The third-order valence-corrected chi connectivity index (χ3v) is 3.47. The SMILES string of the molecule is O=S(=O)(Cl)c1c[nH]c2cc(Cl)ccc12. The molecule has 3 nitrogen and oxygen atoms in total. The molecule has 0 radical (unpaired) electrons. The average molecular weight is 250 g/mol. The van der Waals surface area contributed by atoms with Gasteiger partial charge in [0.25, 0.3) is 9.05 Å². The van der Waals surface area contributed by atoms with E-state index < -0.39 is 9.05 Å². The molecule has 2 aromatic rings. The van der Waals surface area contributed by atoms with E-state index in [-0.39, 0.29) is 4.90 Å². The van der Waals surface area contributed by atoms with Crippen LogP contribution in [0.5, 0.6) is 0 Å². The molecule has 0 aliphatic carbocycles. The van der Waals surface area contributed by atoms with Crippen molar-refractivity contribution < 1.29 is 8.42 Å². The van der Waals surface area contributed by atoms with Crippen molar-refractivity contribution >= 4 is 42.2 Å². The van der Waals surface area contributed by atoms with Gasteiger partial charge in [-0.2, -0.15) is 0 Å². The molecule has 1 aromatic carbocycles. The molecule has 0 amide bonds. The van der Waals surface area contributed by atoms with Gasteiger partial charge in [0.2, 0.25) is 0 Å². The number of halogens is 2. The van der Waals surface area contributed by atoms with Crippen LogP contribution in [0.25, 0.3) is 10.9 Å². The molecule has 0 fully saturated rings. The van der Waals surface area contributed by atoms with Crippen molar-refractivity contribution in [2.24, 2.45) is 0 Å². The third-order valence-electron chi connectivity index (χ3n) is 1.87. The van der Waals surface area contributed by atoms with Gasteiger partial charge in [-0.25, -0.2) is 8.42 Å².